The molecule has 0 saturated carbocycles. The Morgan fingerprint density at radius 1 is 1.23 bits per heavy atom. The Morgan fingerprint density at radius 3 is 2.81 bits per heavy atom. The molecule has 1 N–H and O–H groups in total. The van der Waals surface area contributed by atoms with E-state index < -0.39 is 5.41 Å². The zero-order valence-electron chi connectivity index (χ0n) is 14.5. The number of carbonyl (C=O) groups excluding carboxylic acids is 1. The van der Waals surface area contributed by atoms with Crippen LogP contribution in [0.15, 0.2) is 48.5 Å². The van der Waals surface area contributed by atoms with Gasteiger partial charge in [0.2, 0.25) is 5.91 Å². The number of carbonyl (C=O) groups is 1. The van der Waals surface area contributed by atoms with Crippen molar-refractivity contribution < 1.29 is 19.0 Å². The molecule has 1 saturated heterocycles. The van der Waals surface area contributed by atoms with Crippen molar-refractivity contribution in [3.63, 3.8) is 0 Å². The van der Waals surface area contributed by atoms with Gasteiger partial charge in [0.15, 0.2) is 0 Å². The lowest BCUT2D eigenvalue weighted by Crippen LogP contribution is -2.38. The van der Waals surface area contributed by atoms with Gasteiger partial charge in [-0.05, 0) is 29.7 Å². The quantitative estimate of drug-likeness (QED) is 0.920. The molecule has 2 aromatic carbocycles. The highest BCUT2D eigenvalue weighted by molar-refractivity contribution is 5.79. The maximum Gasteiger partial charge on any atom is 0.227 e. The minimum atomic E-state index is -0.405. The number of halogens is 1. The third kappa shape index (κ3) is 2.97. The number of fused-ring (bicyclic) bond motifs is 2. The van der Waals surface area contributed by atoms with Crippen LogP contribution in [0.25, 0.3) is 0 Å². The molecule has 0 aromatic heterocycles. The fraction of sp³-hybridized carbons (Fsp3) is 0.381. The molecule has 2 aromatic rings. The lowest BCUT2D eigenvalue weighted by molar-refractivity contribution is -0.130. The van der Waals surface area contributed by atoms with E-state index in [0.717, 1.165) is 11.3 Å². The highest BCUT2D eigenvalue weighted by atomic mass is 19.1. The molecule has 2 aliphatic rings. The van der Waals surface area contributed by atoms with Crippen LogP contribution in [-0.2, 0) is 17.6 Å². The predicted molar refractivity (Wildman–Crippen MR) is 95.3 cm³/mol. The average Bonchev–Trinajstić information content (AvgIpc) is 2.94. The van der Waals surface area contributed by atoms with Crippen molar-refractivity contribution in [1.29, 1.82) is 0 Å². The number of hydrogen-bond donors (Lipinski definition) is 1. The molecule has 0 bridgehead atoms. The number of hydrogen-bond acceptors (Lipinski definition) is 3. The molecule has 2 aliphatic heterocycles. The smallest absolute Gasteiger partial charge is 0.227 e. The SMILES string of the molecule is O=C(Cc1ccccc1F)N1CC2COc3ccccc3CC2(CO)C1. The second-order valence-electron chi connectivity index (χ2n) is 7.36. The summed E-state index contributed by atoms with van der Waals surface area (Å²) in [5, 5.41) is 10.2. The van der Waals surface area contributed by atoms with Crippen molar-refractivity contribution in [1.82, 2.24) is 4.90 Å². The Hall–Kier alpha value is -2.40. The summed E-state index contributed by atoms with van der Waals surface area (Å²) in [7, 11) is 0. The second kappa shape index (κ2) is 6.72. The topological polar surface area (TPSA) is 49.8 Å². The third-order valence-electron chi connectivity index (χ3n) is 5.73. The summed E-state index contributed by atoms with van der Waals surface area (Å²) in [6, 6.07) is 14.2. The molecule has 0 radical (unpaired) electrons. The van der Waals surface area contributed by atoms with Crippen molar-refractivity contribution in [2.75, 3.05) is 26.3 Å². The van der Waals surface area contributed by atoms with Gasteiger partial charge < -0.3 is 14.7 Å². The van der Waals surface area contributed by atoms with Crippen LogP contribution in [0.1, 0.15) is 11.1 Å². The van der Waals surface area contributed by atoms with Crippen LogP contribution in [0.2, 0.25) is 0 Å². The van der Waals surface area contributed by atoms with Crippen LogP contribution in [0.5, 0.6) is 5.75 Å². The summed E-state index contributed by atoms with van der Waals surface area (Å²) in [5.74, 6) is 0.455. The Morgan fingerprint density at radius 2 is 2.00 bits per heavy atom. The summed E-state index contributed by atoms with van der Waals surface area (Å²) >= 11 is 0. The first-order valence-electron chi connectivity index (χ1n) is 8.94. The molecule has 1 amide bonds. The number of nitrogens with zero attached hydrogens (tertiary/aromatic N) is 1. The third-order valence-corrected chi connectivity index (χ3v) is 5.73. The molecule has 136 valence electrons. The van der Waals surface area contributed by atoms with Crippen LogP contribution in [0.3, 0.4) is 0 Å². The van der Waals surface area contributed by atoms with E-state index in [0.29, 0.717) is 31.7 Å². The standard InChI is InChI=1S/C21H22FNO3/c22-18-7-3-1-5-15(18)9-20(25)23-11-17-12-26-19-8-4-2-6-16(19)10-21(17,13-23)14-24/h1-8,17,24H,9-14H2. The number of aliphatic hydroxyl groups is 1. The molecule has 0 spiro atoms. The van der Waals surface area contributed by atoms with E-state index >= 15 is 0 Å². The average molecular weight is 355 g/mol. The van der Waals surface area contributed by atoms with Gasteiger partial charge in [0.05, 0.1) is 19.6 Å². The highest BCUT2D eigenvalue weighted by Crippen LogP contribution is 2.43. The predicted octanol–water partition coefficient (Wildman–Crippen LogP) is 2.44. The van der Waals surface area contributed by atoms with Gasteiger partial charge in [-0.1, -0.05) is 36.4 Å². The lowest BCUT2D eigenvalue weighted by Gasteiger charge is -2.30. The largest absolute Gasteiger partial charge is 0.493 e. The second-order valence-corrected chi connectivity index (χ2v) is 7.36. The van der Waals surface area contributed by atoms with Crippen molar-refractivity contribution in [3.05, 3.63) is 65.5 Å². The fourth-order valence-electron chi connectivity index (χ4n) is 4.16. The number of benzene rings is 2. The Bertz CT molecular complexity index is 824. The van der Waals surface area contributed by atoms with Gasteiger partial charge in [0.25, 0.3) is 0 Å². The summed E-state index contributed by atoms with van der Waals surface area (Å²) in [6.07, 6.45) is 0.714. The van der Waals surface area contributed by atoms with E-state index in [1.54, 1.807) is 23.1 Å². The van der Waals surface area contributed by atoms with Crippen molar-refractivity contribution in [2.24, 2.45) is 11.3 Å². The Labute approximate surface area is 152 Å². The Balaban J connectivity index is 1.54. The minimum absolute atomic E-state index is 0.00115. The maximum atomic E-state index is 13.9. The molecule has 2 heterocycles. The van der Waals surface area contributed by atoms with Crippen molar-refractivity contribution in [3.8, 4) is 5.75 Å². The van der Waals surface area contributed by atoms with Crippen LogP contribution < -0.4 is 4.74 Å². The van der Waals surface area contributed by atoms with E-state index in [4.69, 9.17) is 4.74 Å². The van der Waals surface area contributed by atoms with Gasteiger partial charge >= 0.3 is 0 Å². The van der Waals surface area contributed by atoms with Gasteiger partial charge in [-0.15, -0.1) is 0 Å². The zero-order chi connectivity index (χ0) is 18.1. The summed E-state index contributed by atoms with van der Waals surface area (Å²) < 4.78 is 19.8. The van der Waals surface area contributed by atoms with E-state index in [1.807, 2.05) is 24.3 Å². The molecule has 1 fully saturated rings. The Kier molecular flexibility index (Phi) is 4.41. The first kappa shape index (κ1) is 17.0. The fourth-order valence-corrected chi connectivity index (χ4v) is 4.16. The molecular weight excluding hydrogens is 333 g/mol. The number of amides is 1. The summed E-state index contributed by atoms with van der Waals surface area (Å²) in [6.45, 7) is 1.47. The van der Waals surface area contributed by atoms with E-state index in [2.05, 4.69) is 0 Å². The normalized spacial score (nSPS) is 24.4. The van der Waals surface area contributed by atoms with Crippen LogP contribution in [0.4, 0.5) is 4.39 Å². The molecule has 26 heavy (non-hydrogen) atoms. The number of likely N-dealkylation sites (tertiary alicyclic amines) is 1. The van der Waals surface area contributed by atoms with Crippen molar-refractivity contribution in [2.45, 2.75) is 12.8 Å². The van der Waals surface area contributed by atoms with Gasteiger partial charge in [-0.25, -0.2) is 4.39 Å². The first-order chi connectivity index (χ1) is 12.6. The number of ether oxygens (including phenoxy) is 1. The highest BCUT2D eigenvalue weighted by Gasteiger charge is 2.49. The first-order valence-corrected chi connectivity index (χ1v) is 8.94. The molecular formula is C21H22FNO3. The van der Waals surface area contributed by atoms with Gasteiger partial charge in [0.1, 0.15) is 11.6 Å². The molecule has 5 heteroatoms. The van der Waals surface area contributed by atoms with Crippen LogP contribution in [0, 0.1) is 17.2 Å². The van der Waals surface area contributed by atoms with Crippen molar-refractivity contribution >= 4 is 5.91 Å². The number of para-hydroxylation sites is 1. The van der Waals surface area contributed by atoms with E-state index in [1.165, 1.54) is 6.07 Å². The lowest BCUT2D eigenvalue weighted by atomic mass is 9.75. The molecule has 0 aliphatic carbocycles. The number of aliphatic hydroxyl groups excluding tert-OH is 1. The number of rotatable bonds is 3. The van der Waals surface area contributed by atoms with Gasteiger partial charge in [-0.2, -0.15) is 0 Å². The van der Waals surface area contributed by atoms with Crippen LogP contribution in [-0.4, -0.2) is 42.2 Å². The van der Waals surface area contributed by atoms with Crippen LogP contribution >= 0.6 is 0 Å². The summed E-state index contributed by atoms with van der Waals surface area (Å²) in [5.41, 5.74) is 1.06. The molecule has 4 nitrogen and oxygen atoms in total. The molecule has 4 rings (SSSR count). The molecule has 2 unspecified atom stereocenters. The monoisotopic (exact) mass is 355 g/mol. The van der Waals surface area contributed by atoms with Gasteiger partial charge in [0, 0.05) is 24.4 Å². The maximum absolute atomic E-state index is 13.9. The zero-order valence-corrected chi connectivity index (χ0v) is 14.5. The van der Waals surface area contributed by atoms with E-state index in [-0.39, 0.29) is 30.7 Å². The molecule has 2 atom stereocenters. The minimum Gasteiger partial charge on any atom is -0.493 e. The van der Waals surface area contributed by atoms with E-state index in [9.17, 15) is 14.3 Å². The van der Waals surface area contributed by atoms with Gasteiger partial charge in [-0.3, -0.25) is 4.79 Å². The summed E-state index contributed by atoms with van der Waals surface area (Å²) in [4.78, 5) is 14.5.